The fraction of sp³-hybridized carbons (Fsp3) is 0.217. The summed E-state index contributed by atoms with van der Waals surface area (Å²) in [6.07, 6.45) is 0. The predicted octanol–water partition coefficient (Wildman–Crippen LogP) is 5.13. The lowest BCUT2D eigenvalue weighted by Gasteiger charge is -2.15. The third-order valence-corrected chi connectivity index (χ3v) is 5.11. The first-order chi connectivity index (χ1) is 13.4. The van der Waals surface area contributed by atoms with Crippen molar-refractivity contribution in [3.63, 3.8) is 0 Å². The van der Waals surface area contributed by atoms with Gasteiger partial charge in [-0.05, 0) is 68.3 Å². The third-order valence-electron chi connectivity index (χ3n) is 5.11. The molecule has 0 saturated heterocycles. The van der Waals surface area contributed by atoms with Gasteiger partial charge in [-0.15, -0.1) is 0 Å². The van der Waals surface area contributed by atoms with Crippen molar-refractivity contribution in [3.05, 3.63) is 71.2 Å². The Morgan fingerprint density at radius 2 is 1.57 bits per heavy atom. The highest BCUT2D eigenvalue weighted by atomic mass is 16.3. The smallest absolute Gasteiger partial charge is 0.147 e. The summed E-state index contributed by atoms with van der Waals surface area (Å²) in [5.41, 5.74) is 5.24. The normalized spacial score (nSPS) is 11.3. The Morgan fingerprint density at radius 3 is 2.14 bits per heavy atom. The monoisotopic (exact) mass is 370 g/mol. The molecule has 0 aliphatic carbocycles. The Kier molecular flexibility index (Phi) is 4.20. The van der Waals surface area contributed by atoms with Gasteiger partial charge in [-0.2, -0.15) is 5.26 Å². The lowest BCUT2D eigenvalue weighted by atomic mass is 10.1. The molecule has 0 unspecified atom stereocenters. The number of pyridine rings is 1. The maximum absolute atomic E-state index is 10.0. The number of phenolic OH excluding ortho intramolecular Hbond substituents is 1. The second kappa shape index (κ2) is 6.58. The minimum atomic E-state index is 0.200. The van der Waals surface area contributed by atoms with Gasteiger partial charge in [0.15, 0.2) is 0 Å². The number of aromatic hydroxyl groups is 1. The molecule has 4 rings (SSSR count). The van der Waals surface area contributed by atoms with Crippen LogP contribution < -0.4 is 0 Å². The van der Waals surface area contributed by atoms with E-state index in [1.54, 1.807) is 12.1 Å². The van der Waals surface area contributed by atoms with Crippen molar-refractivity contribution in [1.82, 2.24) is 14.1 Å². The minimum absolute atomic E-state index is 0.200. The van der Waals surface area contributed by atoms with Crippen LogP contribution in [-0.4, -0.2) is 19.2 Å². The number of hydrogen-bond acceptors (Lipinski definition) is 3. The molecule has 3 aromatic heterocycles. The van der Waals surface area contributed by atoms with Gasteiger partial charge in [-0.25, -0.2) is 4.98 Å². The van der Waals surface area contributed by atoms with Gasteiger partial charge < -0.3 is 9.67 Å². The number of nitrogens with zero attached hydrogens (tertiary/aromatic N) is 4. The number of hydrogen-bond donors (Lipinski definition) is 1. The summed E-state index contributed by atoms with van der Waals surface area (Å²) in [6, 6.07) is 17.5. The molecule has 0 aliphatic rings. The Labute approximate surface area is 164 Å². The molecule has 0 amide bonds. The second-order valence-corrected chi connectivity index (χ2v) is 7.38. The van der Waals surface area contributed by atoms with Crippen molar-refractivity contribution < 1.29 is 5.11 Å². The van der Waals surface area contributed by atoms with E-state index in [1.807, 2.05) is 54.8 Å². The van der Waals surface area contributed by atoms with Crippen LogP contribution in [0.15, 0.2) is 48.5 Å². The molecule has 0 saturated carbocycles. The van der Waals surface area contributed by atoms with Gasteiger partial charge in [0, 0.05) is 28.2 Å². The Morgan fingerprint density at radius 1 is 0.929 bits per heavy atom. The standard InChI is InChI=1S/C23H22N4O/c1-14(2)21-12-11-19-20(13-24)23(26-15(3)5-6-16(26)4)27(22(19)25-21)17-7-9-18(28)10-8-17/h5-12,14,28H,1-4H3. The van der Waals surface area contributed by atoms with Crippen LogP contribution in [0.25, 0.3) is 22.5 Å². The van der Waals surface area contributed by atoms with Gasteiger partial charge in [0.05, 0.1) is 0 Å². The number of fused-ring (bicyclic) bond motifs is 1. The van der Waals surface area contributed by atoms with E-state index in [0.29, 0.717) is 5.56 Å². The molecule has 3 heterocycles. The zero-order chi connectivity index (χ0) is 20.0. The highest BCUT2D eigenvalue weighted by Crippen LogP contribution is 2.34. The summed E-state index contributed by atoms with van der Waals surface area (Å²) in [5.74, 6) is 1.25. The molecular weight excluding hydrogens is 348 g/mol. The summed E-state index contributed by atoms with van der Waals surface area (Å²) in [5, 5.41) is 20.6. The second-order valence-electron chi connectivity index (χ2n) is 7.38. The van der Waals surface area contributed by atoms with E-state index in [2.05, 4.69) is 24.5 Å². The Bertz CT molecular complexity index is 1200. The average Bonchev–Trinajstić information content (AvgIpc) is 3.17. The van der Waals surface area contributed by atoms with Crippen LogP contribution in [-0.2, 0) is 0 Å². The maximum atomic E-state index is 10.0. The van der Waals surface area contributed by atoms with Crippen molar-refractivity contribution in [2.75, 3.05) is 0 Å². The van der Waals surface area contributed by atoms with Crippen LogP contribution in [0.4, 0.5) is 0 Å². The van der Waals surface area contributed by atoms with Gasteiger partial charge in [0.1, 0.15) is 28.8 Å². The zero-order valence-electron chi connectivity index (χ0n) is 16.4. The predicted molar refractivity (Wildman–Crippen MR) is 110 cm³/mol. The first-order valence-electron chi connectivity index (χ1n) is 9.32. The summed E-state index contributed by atoms with van der Waals surface area (Å²) >= 11 is 0. The fourth-order valence-electron chi connectivity index (χ4n) is 3.65. The van der Waals surface area contributed by atoms with E-state index in [4.69, 9.17) is 4.98 Å². The molecule has 1 aromatic carbocycles. The van der Waals surface area contributed by atoms with Crippen molar-refractivity contribution in [2.24, 2.45) is 0 Å². The fourth-order valence-corrected chi connectivity index (χ4v) is 3.65. The van der Waals surface area contributed by atoms with Crippen LogP contribution in [0.2, 0.25) is 0 Å². The zero-order valence-corrected chi connectivity index (χ0v) is 16.4. The lowest BCUT2D eigenvalue weighted by Crippen LogP contribution is -2.09. The number of nitriles is 1. The number of aryl methyl sites for hydroxylation is 2. The van der Waals surface area contributed by atoms with Crippen molar-refractivity contribution in [2.45, 2.75) is 33.6 Å². The largest absolute Gasteiger partial charge is 0.508 e. The van der Waals surface area contributed by atoms with Crippen LogP contribution in [0.1, 0.15) is 42.4 Å². The molecule has 1 N–H and O–H groups in total. The molecule has 0 spiro atoms. The van der Waals surface area contributed by atoms with Crippen molar-refractivity contribution in [1.29, 1.82) is 5.26 Å². The van der Waals surface area contributed by atoms with Gasteiger partial charge in [-0.3, -0.25) is 4.57 Å². The molecular formula is C23H22N4O. The molecule has 0 fully saturated rings. The molecule has 5 heteroatoms. The van der Waals surface area contributed by atoms with Gasteiger partial charge in [0.25, 0.3) is 0 Å². The number of benzene rings is 1. The average molecular weight is 370 g/mol. The van der Waals surface area contributed by atoms with E-state index in [1.165, 1.54) is 0 Å². The quantitative estimate of drug-likeness (QED) is 0.543. The molecule has 0 atom stereocenters. The lowest BCUT2D eigenvalue weighted by molar-refractivity contribution is 0.475. The van der Waals surface area contributed by atoms with Crippen molar-refractivity contribution in [3.8, 4) is 23.3 Å². The summed E-state index contributed by atoms with van der Waals surface area (Å²) < 4.78 is 4.10. The summed E-state index contributed by atoms with van der Waals surface area (Å²) in [6.45, 7) is 8.27. The van der Waals surface area contributed by atoms with E-state index < -0.39 is 0 Å². The van der Waals surface area contributed by atoms with E-state index in [-0.39, 0.29) is 11.7 Å². The van der Waals surface area contributed by atoms with Crippen LogP contribution >= 0.6 is 0 Å². The number of phenols is 1. The molecule has 0 radical (unpaired) electrons. The summed E-state index contributed by atoms with van der Waals surface area (Å²) in [4.78, 5) is 4.91. The van der Waals surface area contributed by atoms with Crippen molar-refractivity contribution >= 4 is 11.0 Å². The van der Waals surface area contributed by atoms with Gasteiger partial charge >= 0.3 is 0 Å². The number of rotatable bonds is 3. The Balaban J connectivity index is 2.19. The maximum Gasteiger partial charge on any atom is 0.147 e. The molecule has 140 valence electrons. The highest BCUT2D eigenvalue weighted by Gasteiger charge is 2.23. The molecule has 5 nitrogen and oxygen atoms in total. The van der Waals surface area contributed by atoms with E-state index in [0.717, 1.165) is 39.6 Å². The summed E-state index contributed by atoms with van der Waals surface area (Å²) in [7, 11) is 0. The molecule has 4 aromatic rings. The SMILES string of the molecule is Cc1ccc(C)n1-c1c(C#N)c2ccc(C(C)C)nc2n1-c1ccc(O)cc1. The Hall–Kier alpha value is -3.52. The topological polar surface area (TPSA) is 66.8 Å². The van der Waals surface area contributed by atoms with Crippen LogP contribution in [0.3, 0.4) is 0 Å². The van der Waals surface area contributed by atoms with Gasteiger partial charge in [0.2, 0.25) is 0 Å². The van der Waals surface area contributed by atoms with E-state index in [9.17, 15) is 10.4 Å². The van der Waals surface area contributed by atoms with Gasteiger partial charge in [-0.1, -0.05) is 13.8 Å². The van der Waals surface area contributed by atoms with E-state index >= 15 is 0 Å². The first-order valence-corrected chi connectivity index (χ1v) is 9.32. The number of aromatic nitrogens is 3. The molecule has 28 heavy (non-hydrogen) atoms. The molecule has 0 bridgehead atoms. The molecule has 0 aliphatic heterocycles. The first kappa shape index (κ1) is 17.9. The third kappa shape index (κ3) is 2.66. The minimum Gasteiger partial charge on any atom is -0.508 e. The van der Waals surface area contributed by atoms with Crippen LogP contribution in [0.5, 0.6) is 5.75 Å². The highest BCUT2D eigenvalue weighted by molar-refractivity contribution is 5.90. The van der Waals surface area contributed by atoms with Crippen LogP contribution in [0, 0.1) is 25.2 Å².